The van der Waals surface area contributed by atoms with E-state index in [4.69, 9.17) is 14.8 Å². The molecule has 4 nitrogen and oxygen atoms in total. The van der Waals surface area contributed by atoms with Gasteiger partial charge in [-0.2, -0.15) is 0 Å². The number of benzene rings is 3. The number of ketones is 1. The van der Waals surface area contributed by atoms with E-state index >= 15 is 0 Å². The Morgan fingerprint density at radius 2 is 1.87 bits per heavy atom. The Labute approximate surface area is 188 Å². The zero-order valence-electron chi connectivity index (χ0n) is 16.8. The van der Waals surface area contributed by atoms with Gasteiger partial charge in [0.05, 0.1) is 17.0 Å². The van der Waals surface area contributed by atoms with Crippen molar-refractivity contribution in [3.05, 3.63) is 78.1 Å². The maximum atomic E-state index is 10.0. The van der Waals surface area contributed by atoms with Crippen LogP contribution in [0, 0.1) is 13.0 Å². The van der Waals surface area contributed by atoms with E-state index in [-0.39, 0.29) is 31.6 Å². The molecule has 0 atom stereocenters. The summed E-state index contributed by atoms with van der Waals surface area (Å²) in [4.78, 5) is 14.9. The van der Waals surface area contributed by atoms with Crippen molar-refractivity contribution < 1.29 is 34.7 Å². The van der Waals surface area contributed by atoms with Crippen molar-refractivity contribution >= 4 is 27.5 Å². The smallest absolute Gasteiger partial charge is 0.155 e. The van der Waals surface area contributed by atoms with Crippen molar-refractivity contribution in [2.24, 2.45) is 0 Å². The van der Waals surface area contributed by atoms with Crippen LogP contribution in [0.5, 0.6) is 11.5 Å². The van der Waals surface area contributed by atoms with Crippen LogP contribution in [0.2, 0.25) is 0 Å². The van der Waals surface area contributed by atoms with E-state index < -0.39 is 0 Å². The minimum absolute atomic E-state index is 0. The van der Waals surface area contributed by atoms with Gasteiger partial charge in [0.1, 0.15) is 5.75 Å². The van der Waals surface area contributed by atoms with Gasteiger partial charge < -0.3 is 9.84 Å². The summed E-state index contributed by atoms with van der Waals surface area (Å²) in [7, 11) is 0. The monoisotopic (exact) mass is 575 g/mol. The van der Waals surface area contributed by atoms with E-state index in [0.29, 0.717) is 0 Å². The summed E-state index contributed by atoms with van der Waals surface area (Å²) < 4.78 is 6.13. The quantitative estimate of drug-likeness (QED) is 0.145. The normalized spacial score (nSPS) is 11.6. The van der Waals surface area contributed by atoms with Crippen molar-refractivity contribution in [3.8, 4) is 22.8 Å². The number of aliphatic hydroxyl groups excluding tert-OH is 1. The molecule has 1 N–H and O–H groups in total. The Morgan fingerprint density at radius 1 is 1.10 bits per heavy atom. The molecule has 1 aliphatic heterocycles. The predicted molar refractivity (Wildman–Crippen MR) is 115 cm³/mol. The van der Waals surface area contributed by atoms with Crippen LogP contribution in [0.4, 0.5) is 0 Å². The number of nitrogens with zero attached hydrogens (tertiary/aromatic N) is 1. The van der Waals surface area contributed by atoms with E-state index in [0.717, 1.165) is 44.4 Å². The molecule has 0 aliphatic carbocycles. The summed E-state index contributed by atoms with van der Waals surface area (Å²) in [6.45, 7) is 4.95. The molecule has 30 heavy (non-hydrogen) atoms. The molecule has 0 fully saturated rings. The summed E-state index contributed by atoms with van der Waals surface area (Å²) in [5.74, 6) is 1.63. The molecule has 0 saturated heterocycles. The number of aryl methyl sites for hydroxylation is 1. The molecule has 5 heteroatoms. The molecule has 2 heterocycles. The van der Waals surface area contributed by atoms with E-state index in [1.54, 1.807) is 0 Å². The summed E-state index contributed by atoms with van der Waals surface area (Å²) >= 11 is 0. The van der Waals surface area contributed by atoms with Crippen LogP contribution >= 0.6 is 0 Å². The first-order chi connectivity index (χ1) is 13.9. The zero-order chi connectivity index (χ0) is 20.5. The number of ether oxygens (including phenoxy) is 1. The molecule has 1 radical (unpaired) electrons. The van der Waals surface area contributed by atoms with Gasteiger partial charge in [-0.3, -0.25) is 9.78 Å². The second-order valence-electron chi connectivity index (χ2n) is 7.05. The van der Waals surface area contributed by atoms with Crippen molar-refractivity contribution in [3.63, 3.8) is 0 Å². The number of carbonyl (C=O) groups excluding carboxylic acids is 1. The molecule has 153 valence electrons. The molecular formula is C25H20IrNO3-. The van der Waals surface area contributed by atoms with E-state index in [1.807, 2.05) is 30.3 Å². The molecule has 4 aromatic rings. The van der Waals surface area contributed by atoms with Crippen LogP contribution in [-0.4, -0.2) is 15.9 Å². The van der Waals surface area contributed by atoms with Crippen LogP contribution in [0.25, 0.3) is 32.9 Å². The molecular weight excluding hydrogens is 554 g/mol. The van der Waals surface area contributed by atoms with Gasteiger partial charge in [-0.1, -0.05) is 35.0 Å². The number of hydrogen-bond donors (Lipinski definition) is 1. The Balaban J connectivity index is 0.000000281. The molecule has 5 rings (SSSR count). The van der Waals surface area contributed by atoms with Gasteiger partial charge in [-0.25, -0.2) is 0 Å². The fourth-order valence-corrected chi connectivity index (χ4v) is 3.51. The standard InChI is InChI=1S/C20H12NO.C5H8O2.Ir/c1-12-5-2-9-16-15(12)11-18-20(21-16)14-8-3-6-13-7-4-10-17(22-18)19(13)14;1-4(6)3-5(2)7;/h2-7,9-11H,1H3;3,6H,1-2H3;/q-1;;/b;4-3-;. The summed E-state index contributed by atoms with van der Waals surface area (Å²) in [5, 5.41) is 11.7. The Kier molecular flexibility index (Phi) is 6.35. The Bertz CT molecular complexity index is 1290. The van der Waals surface area contributed by atoms with E-state index in [1.165, 1.54) is 25.5 Å². The van der Waals surface area contributed by atoms with Crippen LogP contribution < -0.4 is 4.74 Å². The maximum absolute atomic E-state index is 10.0. The zero-order valence-corrected chi connectivity index (χ0v) is 19.2. The van der Waals surface area contributed by atoms with Gasteiger partial charge in [-0.05, 0) is 44.5 Å². The minimum Gasteiger partial charge on any atom is -0.512 e. The molecule has 0 saturated carbocycles. The topological polar surface area (TPSA) is 59.4 Å². The maximum Gasteiger partial charge on any atom is 0.155 e. The minimum atomic E-state index is -0.125. The Morgan fingerprint density at radius 3 is 2.57 bits per heavy atom. The first-order valence-corrected chi connectivity index (χ1v) is 9.34. The number of hydrogen-bond acceptors (Lipinski definition) is 4. The predicted octanol–water partition coefficient (Wildman–Crippen LogP) is 6.30. The number of rotatable bonds is 1. The van der Waals surface area contributed by atoms with E-state index in [2.05, 4.69) is 37.3 Å². The van der Waals surface area contributed by atoms with Crippen molar-refractivity contribution in [1.29, 1.82) is 0 Å². The largest absolute Gasteiger partial charge is 0.512 e. The van der Waals surface area contributed by atoms with Crippen molar-refractivity contribution in [2.45, 2.75) is 20.8 Å². The Hall–Kier alpha value is -3.01. The SMILES string of the molecule is CC(=O)/C=C(/C)O.Cc1cccc2nc3c(cc12)Oc1cccc2cc[c-]c-3c12.[Ir]. The number of aliphatic hydroxyl groups is 1. The molecule has 0 spiro atoms. The second kappa shape index (κ2) is 8.78. The van der Waals surface area contributed by atoms with Gasteiger partial charge in [0, 0.05) is 37.3 Å². The number of allylic oxidation sites excluding steroid dienone is 2. The third-order valence-corrected chi connectivity index (χ3v) is 4.71. The first-order valence-electron chi connectivity index (χ1n) is 9.34. The van der Waals surface area contributed by atoms with E-state index in [9.17, 15) is 4.79 Å². The average Bonchev–Trinajstić information content (AvgIpc) is 2.67. The van der Waals surface area contributed by atoms with Crippen LogP contribution in [0.1, 0.15) is 19.4 Å². The molecule has 0 bridgehead atoms. The summed E-state index contributed by atoms with van der Waals surface area (Å²) in [5.41, 5.74) is 4.10. The molecule has 0 unspecified atom stereocenters. The van der Waals surface area contributed by atoms with Gasteiger partial charge >= 0.3 is 0 Å². The molecule has 1 aliphatic rings. The first kappa shape index (κ1) is 21.7. The number of aromatic nitrogens is 1. The van der Waals surface area contributed by atoms with Crippen molar-refractivity contribution in [2.75, 3.05) is 0 Å². The fourth-order valence-electron chi connectivity index (χ4n) is 3.51. The van der Waals surface area contributed by atoms with Crippen LogP contribution in [-0.2, 0) is 24.9 Å². The van der Waals surface area contributed by atoms with Crippen molar-refractivity contribution in [1.82, 2.24) is 4.98 Å². The van der Waals surface area contributed by atoms with Crippen LogP contribution in [0.3, 0.4) is 0 Å². The van der Waals surface area contributed by atoms with Gasteiger partial charge in [0.2, 0.25) is 0 Å². The molecule has 0 amide bonds. The number of fused-ring (bicyclic) bond motifs is 3. The average molecular weight is 575 g/mol. The van der Waals surface area contributed by atoms with Gasteiger partial charge in [-0.15, -0.1) is 23.8 Å². The summed E-state index contributed by atoms with van der Waals surface area (Å²) in [6.07, 6.45) is 1.17. The molecule has 3 aromatic carbocycles. The third kappa shape index (κ3) is 4.13. The second-order valence-corrected chi connectivity index (χ2v) is 7.05. The summed E-state index contributed by atoms with van der Waals surface area (Å²) in [6, 6.07) is 21.8. The number of carbonyl (C=O) groups is 1. The fraction of sp³-hybridized carbons (Fsp3) is 0.120. The molecule has 1 aromatic heterocycles. The van der Waals surface area contributed by atoms with Gasteiger partial charge in [0.25, 0.3) is 0 Å². The number of pyridine rings is 1. The van der Waals surface area contributed by atoms with Crippen LogP contribution in [0.15, 0.2) is 66.4 Å². The third-order valence-electron chi connectivity index (χ3n) is 4.71. The van der Waals surface area contributed by atoms with Gasteiger partial charge in [0.15, 0.2) is 5.78 Å².